The highest BCUT2D eigenvalue weighted by molar-refractivity contribution is 6.30. The number of aliphatic carboxylic acids is 1. The zero-order valence-electron chi connectivity index (χ0n) is 18.5. The van der Waals surface area contributed by atoms with E-state index in [0.29, 0.717) is 10.6 Å². The maximum atomic E-state index is 13.3. The van der Waals surface area contributed by atoms with E-state index in [4.69, 9.17) is 16.7 Å². The normalized spacial score (nSPS) is 12.6. The number of H-pyrrole nitrogens is 1. The summed E-state index contributed by atoms with van der Waals surface area (Å²) >= 11 is 5.93. The first-order chi connectivity index (χ1) is 16.9. The molecule has 2 aromatic heterocycles. The number of halogens is 4. The van der Waals surface area contributed by atoms with E-state index in [1.54, 1.807) is 24.3 Å². The van der Waals surface area contributed by atoms with Crippen molar-refractivity contribution in [2.45, 2.75) is 32.1 Å². The topological polar surface area (TPSA) is 135 Å². The van der Waals surface area contributed by atoms with Crippen LogP contribution in [-0.2, 0) is 17.5 Å². The highest BCUT2D eigenvalue weighted by Gasteiger charge is 2.34. The maximum absolute atomic E-state index is 13.3. The van der Waals surface area contributed by atoms with E-state index in [1.807, 2.05) is 0 Å². The standard InChI is InChI=1S/C22H18ClF3N6O4/c1-11(8-17(33)34)32-20(35)30-19(31(21(32)36)10-12-2-4-13(23)5-3-12)27-14-6-7-15-16(9-14)29-18(28-15)22(24,25)26/h2-7,9,11H,8,10H2,1H3,(H,28,29)(H,33,34)(H,27,30,35)/t11-/m0/s1. The third-order valence-electron chi connectivity index (χ3n) is 5.27. The van der Waals surface area contributed by atoms with Crippen LogP contribution >= 0.6 is 11.6 Å². The number of aromatic amines is 1. The van der Waals surface area contributed by atoms with Gasteiger partial charge >= 0.3 is 23.5 Å². The molecule has 10 nitrogen and oxygen atoms in total. The Balaban J connectivity index is 1.79. The molecule has 2 aromatic carbocycles. The number of alkyl halides is 3. The monoisotopic (exact) mass is 522 g/mol. The summed E-state index contributed by atoms with van der Waals surface area (Å²) in [6.07, 6.45) is -5.15. The van der Waals surface area contributed by atoms with Crippen molar-refractivity contribution in [1.82, 2.24) is 24.1 Å². The Morgan fingerprint density at radius 2 is 1.86 bits per heavy atom. The Morgan fingerprint density at radius 1 is 1.17 bits per heavy atom. The maximum Gasteiger partial charge on any atom is 0.449 e. The molecule has 0 saturated heterocycles. The second-order valence-electron chi connectivity index (χ2n) is 7.97. The molecule has 2 heterocycles. The van der Waals surface area contributed by atoms with Crippen molar-refractivity contribution >= 4 is 40.2 Å². The van der Waals surface area contributed by atoms with E-state index in [2.05, 4.69) is 20.3 Å². The van der Waals surface area contributed by atoms with Crippen LogP contribution in [0.2, 0.25) is 5.02 Å². The molecule has 3 N–H and O–H groups in total. The van der Waals surface area contributed by atoms with Crippen molar-refractivity contribution in [3.8, 4) is 0 Å². The van der Waals surface area contributed by atoms with Crippen LogP contribution in [0.25, 0.3) is 11.0 Å². The number of rotatable bonds is 7. The number of nitrogens with zero attached hydrogens (tertiary/aromatic N) is 4. The minimum atomic E-state index is -4.66. The number of anilines is 2. The molecule has 4 aromatic rings. The summed E-state index contributed by atoms with van der Waals surface area (Å²) < 4.78 is 40.8. The van der Waals surface area contributed by atoms with Gasteiger partial charge in [-0.15, -0.1) is 0 Å². The Bertz CT molecular complexity index is 1560. The van der Waals surface area contributed by atoms with Gasteiger partial charge < -0.3 is 15.4 Å². The lowest BCUT2D eigenvalue weighted by atomic mass is 10.2. The summed E-state index contributed by atoms with van der Waals surface area (Å²) in [7, 11) is 0. The zero-order chi connectivity index (χ0) is 26.2. The van der Waals surface area contributed by atoms with Gasteiger partial charge in [0.1, 0.15) is 0 Å². The van der Waals surface area contributed by atoms with Crippen LogP contribution in [0.1, 0.15) is 30.8 Å². The lowest BCUT2D eigenvalue weighted by Crippen LogP contribution is -2.44. The average molecular weight is 523 g/mol. The Labute approximate surface area is 205 Å². The summed E-state index contributed by atoms with van der Waals surface area (Å²) in [5.41, 5.74) is -0.804. The van der Waals surface area contributed by atoms with E-state index >= 15 is 0 Å². The summed E-state index contributed by atoms with van der Waals surface area (Å²) in [5, 5.41) is 12.4. The number of aromatic nitrogens is 5. The van der Waals surface area contributed by atoms with Crippen LogP contribution in [0.3, 0.4) is 0 Å². The van der Waals surface area contributed by atoms with Crippen LogP contribution in [-0.4, -0.2) is 35.2 Å². The largest absolute Gasteiger partial charge is 0.481 e. The number of hydrogen-bond donors (Lipinski definition) is 3. The minimum absolute atomic E-state index is 0.0596. The van der Waals surface area contributed by atoms with Gasteiger partial charge in [-0.1, -0.05) is 23.7 Å². The molecule has 0 spiro atoms. The van der Waals surface area contributed by atoms with E-state index in [1.165, 1.54) is 25.1 Å². The van der Waals surface area contributed by atoms with Gasteiger partial charge in [-0.2, -0.15) is 18.2 Å². The predicted octanol–water partition coefficient (Wildman–Crippen LogP) is 3.78. The number of fused-ring (bicyclic) bond motifs is 1. The molecule has 14 heteroatoms. The van der Waals surface area contributed by atoms with Gasteiger partial charge in [-0.3, -0.25) is 9.36 Å². The number of carbonyl (C=O) groups is 1. The molecule has 0 radical (unpaired) electrons. The van der Waals surface area contributed by atoms with Gasteiger partial charge in [-0.25, -0.2) is 19.1 Å². The fourth-order valence-corrected chi connectivity index (χ4v) is 3.72. The summed E-state index contributed by atoms with van der Waals surface area (Å²) in [4.78, 5) is 46.8. The molecule has 0 aliphatic heterocycles. The van der Waals surface area contributed by atoms with Gasteiger partial charge in [0.2, 0.25) is 11.8 Å². The van der Waals surface area contributed by atoms with Crippen molar-refractivity contribution in [2.24, 2.45) is 0 Å². The second-order valence-corrected chi connectivity index (χ2v) is 8.41. The Morgan fingerprint density at radius 3 is 2.50 bits per heavy atom. The van der Waals surface area contributed by atoms with Gasteiger partial charge in [0.15, 0.2) is 0 Å². The lowest BCUT2D eigenvalue weighted by molar-refractivity contribution is -0.144. The number of benzene rings is 2. The zero-order valence-corrected chi connectivity index (χ0v) is 19.3. The molecule has 0 bridgehead atoms. The van der Waals surface area contributed by atoms with Crippen molar-refractivity contribution in [1.29, 1.82) is 0 Å². The fraction of sp³-hybridized carbons (Fsp3) is 0.227. The number of nitrogens with one attached hydrogen (secondary N) is 2. The summed E-state index contributed by atoms with van der Waals surface area (Å²) in [6.45, 7) is 1.35. The van der Waals surface area contributed by atoms with Gasteiger partial charge in [0.25, 0.3) is 0 Å². The van der Waals surface area contributed by atoms with Gasteiger partial charge in [0.05, 0.1) is 30.0 Å². The molecule has 4 rings (SSSR count). The van der Waals surface area contributed by atoms with Crippen LogP contribution in [0, 0.1) is 0 Å². The molecule has 1 atom stereocenters. The van der Waals surface area contributed by atoms with Crippen molar-refractivity contribution in [3.05, 3.63) is 79.8 Å². The molecule has 0 amide bonds. The minimum Gasteiger partial charge on any atom is -0.481 e. The third-order valence-corrected chi connectivity index (χ3v) is 5.52. The van der Waals surface area contributed by atoms with Crippen LogP contribution in [0.15, 0.2) is 52.1 Å². The molecule has 0 aliphatic rings. The lowest BCUT2D eigenvalue weighted by Gasteiger charge is -2.18. The average Bonchev–Trinajstić information content (AvgIpc) is 3.21. The van der Waals surface area contributed by atoms with Crippen molar-refractivity contribution in [3.63, 3.8) is 0 Å². The van der Waals surface area contributed by atoms with Gasteiger partial charge in [-0.05, 0) is 42.8 Å². The highest BCUT2D eigenvalue weighted by atomic mass is 35.5. The van der Waals surface area contributed by atoms with Crippen LogP contribution < -0.4 is 16.7 Å². The number of carboxylic acid groups (broad SMARTS) is 1. The van der Waals surface area contributed by atoms with E-state index in [0.717, 1.165) is 9.13 Å². The van der Waals surface area contributed by atoms with E-state index in [9.17, 15) is 27.6 Å². The molecule has 0 unspecified atom stereocenters. The van der Waals surface area contributed by atoms with Gasteiger partial charge in [0, 0.05) is 10.7 Å². The fourth-order valence-electron chi connectivity index (χ4n) is 3.59. The van der Waals surface area contributed by atoms with Crippen LogP contribution in [0.4, 0.5) is 24.8 Å². The summed E-state index contributed by atoms with van der Waals surface area (Å²) in [6, 6.07) is 9.62. The SMILES string of the molecule is C[C@@H](CC(=O)O)n1c(=O)nc(Nc2ccc3nc(C(F)(F)F)[nH]c3c2)n(Cc2ccc(Cl)cc2)c1=O. The third kappa shape index (κ3) is 5.25. The number of carboxylic acids is 1. The first-order valence-electron chi connectivity index (χ1n) is 10.5. The molecule has 0 aliphatic carbocycles. The molecule has 0 saturated carbocycles. The van der Waals surface area contributed by atoms with Crippen molar-refractivity contribution < 1.29 is 23.1 Å². The van der Waals surface area contributed by atoms with Crippen molar-refractivity contribution in [2.75, 3.05) is 5.32 Å². The Hall–Kier alpha value is -4.13. The molecule has 188 valence electrons. The molecule has 36 heavy (non-hydrogen) atoms. The van der Waals surface area contributed by atoms with Crippen LogP contribution in [0.5, 0.6) is 0 Å². The smallest absolute Gasteiger partial charge is 0.449 e. The highest BCUT2D eigenvalue weighted by Crippen LogP contribution is 2.29. The van der Waals surface area contributed by atoms with E-state index < -0.39 is 41.8 Å². The first kappa shape index (κ1) is 25.0. The molecular formula is C22H18ClF3N6O4. The van der Waals surface area contributed by atoms with E-state index in [-0.39, 0.29) is 29.2 Å². The molecule has 0 fully saturated rings. The quantitative estimate of drug-likeness (QED) is 0.336. The number of imidazole rings is 1. The first-order valence-corrected chi connectivity index (χ1v) is 10.8. The predicted molar refractivity (Wildman–Crippen MR) is 125 cm³/mol. The Kier molecular flexibility index (Phi) is 6.59. The second kappa shape index (κ2) is 9.49. The molecular weight excluding hydrogens is 505 g/mol. The summed E-state index contributed by atoms with van der Waals surface area (Å²) in [5.74, 6) is -2.55. The number of hydrogen-bond acceptors (Lipinski definition) is 6.